The molecule has 0 aliphatic rings. The normalized spacial score (nSPS) is 10.9. The maximum atomic E-state index is 9.30. The molecule has 2 aromatic heterocycles. The van der Waals surface area contributed by atoms with Gasteiger partial charge in [-0.1, -0.05) is 13.3 Å². The van der Waals surface area contributed by atoms with Crippen molar-refractivity contribution in [3.05, 3.63) is 35.0 Å². The molecule has 0 saturated carbocycles. The Kier molecular flexibility index (Phi) is 3.72. The lowest BCUT2D eigenvalue weighted by Crippen LogP contribution is -2.06. The highest BCUT2D eigenvalue weighted by Gasteiger charge is 2.09. The predicted molar refractivity (Wildman–Crippen MR) is 68.5 cm³/mol. The number of pyridine rings is 1. The zero-order chi connectivity index (χ0) is 13.1. The molecule has 0 bridgehead atoms. The SMILES string of the molecule is CCCc1cc(CO)cc(-n2nc(C)nc2C)n1. The van der Waals surface area contributed by atoms with Gasteiger partial charge in [-0.05, 0) is 38.0 Å². The Morgan fingerprint density at radius 1 is 1.22 bits per heavy atom. The van der Waals surface area contributed by atoms with Crippen LogP contribution in [0.3, 0.4) is 0 Å². The second-order valence-corrected chi connectivity index (χ2v) is 4.35. The summed E-state index contributed by atoms with van der Waals surface area (Å²) in [5, 5.41) is 13.6. The van der Waals surface area contributed by atoms with E-state index in [-0.39, 0.29) is 6.61 Å². The summed E-state index contributed by atoms with van der Waals surface area (Å²) in [6.07, 6.45) is 1.92. The second kappa shape index (κ2) is 5.27. The summed E-state index contributed by atoms with van der Waals surface area (Å²) in [5.74, 6) is 2.25. The standard InChI is InChI=1S/C13H18N4O/c1-4-5-12-6-11(8-18)7-13(15-12)17-10(3)14-9(2)16-17/h6-7,18H,4-5,8H2,1-3H3. The van der Waals surface area contributed by atoms with Crippen LogP contribution in [0.5, 0.6) is 0 Å². The van der Waals surface area contributed by atoms with Gasteiger partial charge in [-0.15, -0.1) is 5.10 Å². The lowest BCUT2D eigenvalue weighted by Gasteiger charge is -2.07. The largest absolute Gasteiger partial charge is 0.392 e. The molecule has 18 heavy (non-hydrogen) atoms. The highest BCUT2D eigenvalue weighted by molar-refractivity contribution is 5.31. The molecule has 0 saturated heterocycles. The van der Waals surface area contributed by atoms with Gasteiger partial charge in [0.05, 0.1) is 6.61 Å². The van der Waals surface area contributed by atoms with Gasteiger partial charge in [-0.2, -0.15) is 4.68 Å². The minimum atomic E-state index is 0.0129. The van der Waals surface area contributed by atoms with Crippen LogP contribution in [-0.2, 0) is 13.0 Å². The first-order valence-corrected chi connectivity index (χ1v) is 6.15. The molecule has 5 heteroatoms. The van der Waals surface area contributed by atoms with Gasteiger partial charge in [0.2, 0.25) is 0 Å². The van der Waals surface area contributed by atoms with Crippen molar-refractivity contribution < 1.29 is 5.11 Å². The van der Waals surface area contributed by atoms with Gasteiger partial charge in [0, 0.05) is 5.69 Å². The molecule has 0 amide bonds. The fourth-order valence-corrected chi connectivity index (χ4v) is 1.96. The lowest BCUT2D eigenvalue weighted by molar-refractivity contribution is 0.281. The molecule has 0 aliphatic carbocycles. The van der Waals surface area contributed by atoms with Crippen LogP contribution in [0.1, 0.15) is 36.3 Å². The van der Waals surface area contributed by atoms with Gasteiger partial charge in [-0.3, -0.25) is 0 Å². The Hall–Kier alpha value is -1.75. The van der Waals surface area contributed by atoms with Crippen LogP contribution in [0.4, 0.5) is 0 Å². The highest BCUT2D eigenvalue weighted by Crippen LogP contribution is 2.13. The highest BCUT2D eigenvalue weighted by atomic mass is 16.3. The van der Waals surface area contributed by atoms with Crippen LogP contribution in [0.15, 0.2) is 12.1 Å². The summed E-state index contributed by atoms with van der Waals surface area (Å²) in [5.41, 5.74) is 1.84. The molecule has 0 spiro atoms. The Bertz CT molecular complexity index is 548. The molecular formula is C13H18N4O. The van der Waals surface area contributed by atoms with Gasteiger partial charge in [0.25, 0.3) is 0 Å². The van der Waals surface area contributed by atoms with E-state index in [0.29, 0.717) is 0 Å². The summed E-state index contributed by atoms with van der Waals surface area (Å²) in [7, 11) is 0. The minimum Gasteiger partial charge on any atom is -0.392 e. The van der Waals surface area contributed by atoms with E-state index in [1.165, 1.54) is 0 Å². The first-order chi connectivity index (χ1) is 8.63. The van der Waals surface area contributed by atoms with Gasteiger partial charge in [-0.25, -0.2) is 9.97 Å². The molecule has 0 fully saturated rings. The third-order valence-corrected chi connectivity index (χ3v) is 2.71. The molecule has 0 atom stereocenters. The first kappa shape index (κ1) is 12.7. The van der Waals surface area contributed by atoms with Crippen LogP contribution in [0.2, 0.25) is 0 Å². The summed E-state index contributed by atoms with van der Waals surface area (Å²) in [6.45, 7) is 5.87. The van der Waals surface area contributed by atoms with Crippen molar-refractivity contribution >= 4 is 0 Å². The summed E-state index contributed by atoms with van der Waals surface area (Å²) >= 11 is 0. The molecule has 0 unspecified atom stereocenters. The fourth-order valence-electron chi connectivity index (χ4n) is 1.96. The average Bonchev–Trinajstić information content (AvgIpc) is 2.68. The van der Waals surface area contributed by atoms with Crippen molar-refractivity contribution in [2.24, 2.45) is 0 Å². The van der Waals surface area contributed by atoms with Crippen molar-refractivity contribution in [1.82, 2.24) is 19.7 Å². The predicted octanol–water partition coefficient (Wildman–Crippen LogP) is 1.72. The van der Waals surface area contributed by atoms with E-state index in [1.807, 2.05) is 26.0 Å². The molecule has 2 heterocycles. The van der Waals surface area contributed by atoms with Crippen LogP contribution < -0.4 is 0 Å². The van der Waals surface area contributed by atoms with Gasteiger partial charge in [0.15, 0.2) is 5.82 Å². The van der Waals surface area contributed by atoms with E-state index >= 15 is 0 Å². The number of rotatable bonds is 4. The van der Waals surface area contributed by atoms with E-state index in [4.69, 9.17) is 0 Å². The number of aryl methyl sites for hydroxylation is 3. The molecule has 0 radical (unpaired) electrons. The molecule has 5 nitrogen and oxygen atoms in total. The maximum absolute atomic E-state index is 9.30. The van der Waals surface area contributed by atoms with E-state index in [9.17, 15) is 5.11 Å². The molecule has 2 aromatic rings. The lowest BCUT2D eigenvalue weighted by atomic mass is 10.1. The van der Waals surface area contributed by atoms with Crippen molar-refractivity contribution in [2.75, 3.05) is 0 Å². The maximum Gasteiger partial charge on any atom is 0.156 e. The van der Waals surface area contributed by atoms with Crippen LogP contribution in [0.25, 0.3) is 5.82 Å². The second-order valence-electron chi connectivity index (χ2n) is 4.35. The van der Waals surface area contributed by atoms with E-state index in [0.717, 1.165) is 41.6 Å². The number of hydrogen-bond acceptors (Lipinski definition) is 4. The average molecular weight is 246 g/mol. The summed E-state index contributed by atoms with van der Waals surface area (Å²) in [4.78, 5) is 8.83. The zero-order valence-electron chi connectivity index (χ0n) is 11.0. The van der Waals surface area contributed by atoms with Gasteiger partial charge < -0.3 is 5.11 Å². The Balaban J connectivity index is 2.49. The van der Waals surface area contributed by atoms with Crippen molar-refractivity contribution in [3.63, 3.8) is 0 Å². The van der Waals surface area contributed by atoms with Crippen molar-refractivity contribution in [1.29, 1.82) is 0 Å². The summed E-state index contributed by atoms with van der Waals surface area (Å²) in [6, 6.07) is 3.78. The minimum absolute atomic E-state index is 0.0129. The molecule has 0 aliphatic heterocycles. The Morgan fingerprint density at radius 2 is 2.00 bits per heavy atom. The zero-order valence-corrected chi connectivity index (χ0v) is 11.0. The number of hydrogen-bond donors (Lipinski definition) is 1. The topological polar surface area (TPSA) is 63.8 Å². The fraction of sp³-hybridized carbons (Fsp3) is 0.462. The Morgan fingerprint density at radius 3 is 2.56 bits per heavy atom. The van der Waals surface area contributed by atoms with E-state index in [2.05, 4.69) is 22.0 Å². The molecule has 1 N–H and O–H groups in total. The molecule has 0 aromatic carbocycles. The third-order valence-electron chi connectivity index (χ3n) is 2.71. The van der Waals surface area contributed by atoms with E-state index in [1.54, 1.807) is 4.68 Å². The number of nitrogens with zero attached hydrogens (tertiary/aromatic N) is 4. The molecule has 2 rings (SSSR count). The number of aromatic nitrogens is 4. The first-order valence-electron chi connectivity index (χ1n) is 6.15. The number of aliphatic hydroxyl groups excluding tert-OH is 1. The third kappa shape index (κ3) is 2.56. The molecule has 96 valence electrons. The van der Waals surface area contributed by atoms with Gasteiger partial charge >= 0.3 is 0 Å². The van der Waals surface area contributed by atoms with Crippen LogP contribution in [-0.4, -0.2) is 24.9 Å². The monoisotopic (exact) mass is 246 g/mol. The van der Waals surface area contributed by atoms with Crippen molar-refractivity contribution in [3.8, 4) is 5.82 Å². The van der Waals surface area contributed by atoms with Crippen molar-refractivity contribution in [2.45, 2.75) is 40.2 Å². The smallest absolute Gasteiger partial charge is 0.156 e. The van der Waals surface area contributed by atoms with Crippen LogP contribution in [0, 0.1) is 13.8 Å². The van der Waals surface area contributed by atoms with Gasteiger partial charge in [0.1, 0.15) is 11.6 Å². The number of aliphatic hydroxyl groups is 1. The van der Waals surface area contributed by atoms with E-state index < -0.39 is 0 Å². The molecular weight excluding hydrogens is 228 g/mol. The van der Waals surface area contributed by atoms with Crippen LogP contribution >= 0.6 is 0 Å². The quantitative estimate of drug-likeness (QED) is 0.892. The summed E-state index contributed by atoms with van der Waals surface area (Å²) < 4.78 is 1.72. The Labute approximate surface area is 107 Å².